The Morgan fingerprint density at radius 2 is 1.80 bits per heavy atom. The first-order valence-electron chi connectivity index (χ1n) is 3.19. The van der Waals surface area contributed by atoms with Crippen molar-refractivity contribution < 1.29 is 0 Å². The minimum Gasteiger partial charge on any atom is -0.383 e. The Kier molecular flexibility index (Phi) is 5.44. The third kappa shape index (κ3) is 6.95. The molecule has 56 valence electrons. The molecule has 0 heterocycles. The van der Waals surface area contributed by atoms with E-state index in [-0.39, 0.29) is 0 Å². The number of hydrogen-bond donors (Lipinski definition) is 0. The van der Waals surface area contributed by atoms with Crippen molar-refractivity contribution in [3.05, 3.63) is 24.4 Å². The monoisotopic (exact) mass is 138 g/mol. The quantitative estimate of drug-likeness (QED) is 0.424. The SMILES string of the molecule is CN=C/C=C\C=C/N(C)C. The fourth-order valence-electron chi connectivity index (χ4n) is 0.422. The third-order valence-corrected chi connectivity index (χ3v) is 0.842. The van der Waals surface area contributed by atoms with Gasteiger partial charge in [-0.25, -0.2) is 0 Å². The molecule has 2 heteroatoms. The Labute approximate surface area is 62.6 Å². The summed E-state index contributed by atoms with van der Waals surface area (Å²) in [7, 11) is 5.72. The second-order valence-corrected chi connectivity index (χ2v) is 2.10. The Balaban J connectivity index is 3.51. The molecular formula is C8H14N2. The van der Waals surface area contributed by atoms with Gasteiger partial charge in [0.25, 0.3) is 0 Å². The van der Waals surface area contributed by atoms with Crippen LogP contribution in [0, 0.1) is 0 Å². The van der Waals surface area contributed by atoms with Gasteiger partial charge in [0, 0.05) is 27.4 Å². The molecule has 0 aromatic carbocycles. The topological polar surface area (TPSA) is 15.6 Å². The van der Waals surface area contributed by atoms with E-state index >= 15 is 0 Å². The van der Waals surface area contributed by atoms with Crippen LogP contribution >= 0.6 is 0 Å². The van der Waals surface area contributed by atoms with Crippen LogP contribution < -0.4 is 0 Å². The molecule has 0 fully saturated rings. The van der Waals surface area contributed by atoms with E-state index in [1.807, 2.05) is 43.4 Å². The van der Waals surface area contributed by atoms with Gasteiger partial charge in [0.05, 0.1) is 0 Å². The first kappa shape index (κ1) is 8.95. The highest BCUT2D eigenvalue weighted by molar-refractivity contribution is 5.71. The van der Waals surface area contributed by atoms with Crippen molar-refractivity contribution in [2.24, 2.45) is 4.99 Å². The first-order chi connectivity index (χ1) is 4.77. The predicted molar refractivity (Wildman–Crippen MR) is 46.4 cm³/mol. The lowest BCUT2D eigenvalue weighted by atomic mass is 10.5. The predicted octanol–water partition coefficient (Wildman–Crippen LogP) is 1.32. The Morgan fingerprint density at radius 3 is 2.30 bits per heavy atom. The van der Waals surface area contributed by atoms with Gasteiger partial charge in [-0.3, -0.25) is 4.99 Å². The molecular weight excluding hydrogens is 124 g/mol. The molecule has 0 unspecified atom stereocenters. The summed E-state index contributed by atoms with van der Waals surface area (Å²) in [6.45, 7) is 0. The van der Waals surface area contributed by atoms with Crippen LogP contribution in [-0.2, 0) is 0 Å². The van der Waals surface area contributed by atoms with E-state index in [1.165, 1.54) is 0 Å². The van der Waals surface area contributed by atoms with Gasteiger partial charge < -0.3 is 4.90 Å². The molecule has 0 spiro atoms. The lowest BCUT2D eigenvalue weighted by Crippen LogP contribution is -1.99. The minimum absolute atomic E-state index is 1.75. The molecule has 0 amide bonds. The summed E-state index contributed by atoms with van der Waals surface area (Å²) in [6, 6.07) is 0. The average Bonchev–Trinajstić information content (AvgIpc) is 1.87. The van der Waals surface area contributed by atoms with Crippen molar-refractivity contribution in [1.82, 2.24) is 4.90 Å². The molecule has 0 radical (unpaired) electrons. The van der Waals surface area contributed by atoms with Crippen molar-refractivity contribution in [2.45, 2.75) is 0 Å². The van der Waals surface area contributed by atoms with Gasteiger partial charge in [-0.2, -0.15) is 0 Å². The van der Waals surface area contributed by atoms with Crippen LogP contribution in [-0.4, -0.2) is 32.3 Å². The van der Waals surface area contributed by atoms with Crippen LogP contribution in [0.5, 0.6) is 0 Å². The maximum Gasteiger partial charge on any atom is 0.0277 e. The summed E-state index contributed by atoms with van der Waals surface area (Å²) < 4.78 is 0. The third-order valence-electron chi connectivity index (χ3n) is 0.842. The van der Waals surface area contributed by atoms with Crippen molar-refractivity contribution in [1.29, 1.82) is 0 Å². The number of rotatable bonds is 3. The Hall–Kier alpha value is -1.05. The second kappa shape index (κ2) is 6.08. The van der Waals surface area contributed by atoms with Gasteiger partial charge in [-0.05, 0) is 18.4 Å². The first-order valence-corrected chi connectivity index (χ1v) is 3.19. The van der Waals surface area contributed by atoms with Gasteiger partial charge in [0.15, 0.2) is 0 Å². The molecule has 0 aliphatic rings. The van der Waals surface area contributed by atoms with Crippen LogP contribution in [0.25, 0.3) is 0 Å². The van der Waals surface area contributed by atoms with Crippen LogP contribution in [0.15, 0.2) is 29.4 Å². The van der Waals surface area contributed by atoms with Crippen LogP contribution in [0.2, 0.25) is 0 Å². The van der Waals surface area contributed by atoms with E-state index in [1.54, 1.807) is 13.3 Å². The van der Waals surface area contributed by atoms with E-state index in [2.05, 4.69) is 4.99 Å². The summed E-state index contributed by atoms with van der Waals surface area (Å²) in [5.74, 6) is 0. The summed E-state index contributed by atoms with van der Waals surface area (Å²) in [5.41, 5.74) is 0. The standard InChI is InChI=1S/C8H14N2/c1-9-7-5-4-6-8-10(2)3/h4-8H,1-3H3/b5-4-,8-6-,9-7?. The van der Waals surface area contributed by atoms with E-state index in [0.717, 1.165) is 0 Å². The number of hydrogen-bond acceptors (Lipinski definition) is 2. The average molecular weight is 138 g/mol. The van der Waals surface area contributed by atoms with Gasteiger partial charge in [-0.1, -0.05) is 6.08 Å². The number of allylic oxidation sites excluding steroid dienone is 3. The fraction of sp³-hybridized carbons (Fsp3) is 0.375. The van der Waals surface area contributed by atoms with Crippen LogP contribution in [0.4, 0.5) is 0 Å². The molecule has 0 atom stereocenters. The van der Waals surface area contributed by atoms with Crippen LogP contribution in [0.3, 0.4) is 0 Å². The zero-order valence-corrected chi connectivity index (χ0v) is 6.78. The lowest BCUT2D eigenvalue weighted by Gasteiger charge is -2.00. The summed E-state index contributed by atoms with van der Waals surface area (Å²) in [5, 5.41) is 0. The van der Waals surface area contributed by atoms with Crippen molar-refractivity contribution in [3.63, 3.8) is 0 Å². The molecule has 2 nitrogen and oxygen atoms in total. The van der Waals surface area contributed by atoms with Gasteiger partial charge in [0.2, 0.25) is 0 Å². The van der Waals surface area contributed by atoms with E-state index in [9.17, 15) is 0 Å². The van der Waals surface area contributed by atoms with E-state index < -0.39 is 0 Å². The Morgan fingerprint density at radius 1 is 1.10 bits per heavy atom. The van der Waals surface area contributed by atoms with Gasteiger partial charge in [-0.15, -0.1) is 0 Å². The maximum absolute atomic E-state index is 3.79. The molecule has 0 bridgehead atoms. The highest BCUT2D eigenvalue weighted by Crippen LogP contribution is 1.78. The number of aliphatic imine (C=N–C) groups is 1. The van der Waals surface area contributed by atoms with Gasteiger partial charge in [0.1, 0.15) is 0 Å². The highest BCUT2D eigenvalue weighted by Gasteiger charge is 1.69. The minimum atomic E-state index is 1.75. The van der Waals surface area contributed by atoms with Crippen LogP contribution in [0.1, 0.15) is 0 Å². The Bertz CT molecular complexity index is 143. The van der Waals surface area contributed by atoms with Crippen molar-refractivity contribution in [2.75, 3.05) is 21.1 Å². The summed E-state index contributed by atoms with van der Waals surface area (Å²) in [6.07, 6.45) is 9.51. The highest BCUT2D eigenvalue weighted by atomic mass is 15.0. The smallest absolute Gasteiger partial charge is 0.0277 e. The normalized spacial score (nSPS) is 12.3. The lowest BCUT2D eigenvalue weighted by molar-refractivity contribution is 0.564. The molecule has 0 N–H and O–H groups in total. The molecule has 10 heavy (non-hydrogen) atoms. The summed E-state index contributed by atoms with van der Waals surface area (Å²) in [4.78, 5) is 5.77. The molecule has 0 rings (SSSR count). The second-order valence-electron chi connectivity index (χ2n) is 2.10. The van der Waals surface area contributed by atoms with Gasteiger partial charge >= 0.3 is 0 Å². The molecule has 0 aromatic rings. The van der Waals surface area contributed by atoms with E-state index in [0.29, 0.717) is 0 Å². The zero-order valence-electron chi connectivity index (χ0n) is 6.78. The largest absolute Gasteiger partial charge is 0.383 e. The molecule has 0 aromatic heterocycles. The number of nitrogens with zero attached hydrogens (tertiary/aromatic N) is 2. The molecule has 0 aliphatic carbocycles. The molecule has 0 aliphatic heterocycles. The van der Waals surface area contributed by atoms with Crippen molar-refractivity contribution in [3.8, 4) is 0 Å². The molecule has 0 saturated heterocycles. The maximum atomic E-state index is 3.79. The summed E-state index contributed by atoms with van der Waals surface area (Å²) >= 11 is 0. The van der Waals surface area contributed by atoms with Crippen molar-refractivity contribution >= 4 is 6.21 Å². The van der Waals surface area contributed by atoms with E-state index in [4.69, 9.17) is 0 Å². The molecule has 0 saturated carbocycles. The fourth-order valence-corrected chi connectivity index (χ4v) is 0.422. The zero-order chi connectivity index (χ0) is 7.82.